The Hall–Kier alpha value is -1.51. The van der Waals surface area contributed by atoms with Crippen LogP contribution in [0, 0.1) is 3.57 Å². The van der Waals surface area contributed by atoms with E-state index in [-0.39, 0.29) is 34.0 Å². The highest BCUT2D eigenvalue weighted by Crippen LogP contribution is 2.35. The van der Waals surface area contributed by atoms with E-state index in [1.807, 2.05) is 12.1 Å². The van der Waals surface area contributed by atoms with Gasteiger partial charge in [0.05, 0.1) is 22.2 Å². The molecule has 1 atom stereocenters. The van der Waals surface area contributed by atoms with Crippen LogP contribution in [-0.4, -0.2) is 23.0 Å². The molecule has 5 nitrogen and oxygen atoms in total. The molecular formula is C16H11Cl2IN2O3. The Kier molecular flexibility index (Phi) is 4.89. The maximum absolute atomic E-state index is 12.6. The van der Waals surface area contributed by atoms with Gasteiger partial charge in [-0.25, -0.2) is 4.90 Å². The Morgan fingerprint density at radius 3 is 2.29 bits per heavy atom. The molecule has 0 saturated carbocycles. The highest BCUT2D eigenvalue weighted by Gasteiger charge is 2.39. The van der Waals surface area contributed by atoms with Crippen LogP contribution in [-0.2, 0) is 9.59 Å². The number of rotatable bonds is 3. The van der Waals surface area contributed by atoms with E-state index in [2.05, 4.69) is 27.9 Å². The van der Waals surface area contributed by atoms with Crippen LogP contribution < -0.4 is 10.2 Å². The minimum absolute atomic E-state index is 0.0287. The molecule has 2 N–H and O–H groups in total. The molecule has 0 aromatic heterocycles. The van der Waals surface area contributed by atoms with Gasteiger partial charge in [0, 0.05) is 9.26 Å². The second kappa shape index (κ2) is 6.78. The highest BCUT2D eigenvalue weighted by molar-refractivity contribution is 14.1. The van der Waals surface area contributed by atoms with Gasteiger partial charge in [0.15, 0.2) is 5.75 Å². The van der Waals surface area contributed by atoms with E-state index in [4.69, 9.17) is 23.2 Å². The quantitative estimate of drug-likeness (QED) is 0.398. The fraction of sp³-hybridized carbons (Fsp3) is 0.125. The van der Waals surface area contributed by atoms with Gasteiger partial charge in [-0.15, -0.1) is 0 Å². The van der Waals surface area contributed by atoms with Crippen LogP contribution >= 0.6 is 45.8 Å². The Morgan fingerprint density at radius 1 is 1.12 bits per heavy atom. The molecule has 2 amide bonds. The number of benzene rings is 2. The number of halogens is 3. The van der Waals surface area contributed by atoms with Crippen LogP contribution in [0.15, 0.2) is 36.4 Å². The first-order chi connectivity index (χ1) is 11.4. The van der Waals surface area contributed by atoms with Gasteiger partial charge in [-0.05, 0) is 59.0 Å². The van der Waals surface area contributed by atoms with Gasteiger partial charge in [0.1, 0.15) is 6.04 Å². The number of hydrogen-bond acceptors (Lipinski definition) is 4. The molecule has 0 radical (unpaired) electrons. The predicted octanol–water partition coefficient (Wildman–Crippen LogP) is 4.05. The molecular weight excluding hydrogens is 466 g/mol. The van der Waals surface area contributed by atoms with Crippen molar-refractivity contribution in [1.29, 1.82) is 0 Å². The topological polar surface area (TPSA) is 69.6 Å². The molecule has 8 heteroatoms. The Bertz CT molecular complexity index is 804. The number of carbonyl (C=O) groups is 2. The Morgan fingerprint density at radius 2 is 1.71 bits per heavy atom. The lowest BCUT2D eigenvalue weighted by molar-refractivity contribution is -0.121. The first kappa shape index (κ1) is 17.3. The van der Waals surface area contributed by atoms with Gasteiger partial charge < -0.3 is 10.4 Å². The summed E-state index contributed by atoms with van der Waals surface area (Å²) in [6.07, 6.45) is 0.0287. The molecule has 2 aromatic carbocycles. The first-order valence-electron chi connectivity index (χ1n) is 6.93. The molecule has 2 aromatic rings. The highest BCUT2D eigenvalue weighted by atomic mass is 127. The van der Waals surface area contributed by atoms with E-state index in [0.717, 1.165) is 8.47 Å². The van der Waals surface area contributed by atoms with Crippen molar-refractivity contribution >= 4 is 69.0 Å². The van der Waals surface area contributed by atoms with Crippen LogP contribution in [0.1, 0.15) is 6.42 Å². The van der Waals surface area contributed by atoms with E-state index in [0.29, 0.717) is 11.4 Å². The van der Waals surface area contributed by atoms with Crippen molar-refractivity contribution in [2.45, 2.75) is 12.5 Å². The molecule has 0 spiro atoms. The van der Waals surface area contributed by atoms with E-state index in [1.54, 1.807) is 12.1 Å². The number of phenols is 1. The van der Waals surface area contributed by atoms with Crippen LogP contribution in [0.25, 0.3) is 0 Å². The molecule has 1 fully saturated rings. The fourth-order valence-corrected chi connectivity index (χ4v) is 3.30. The number of nitrogens with one attached hydrogen (secondary N) is 1. The molecule has 1 aliphatic rings. The summed E-state index contributed by atoms with van der Waals surface area (Å²) in [6, 6.07) is 9.31. The summed E-state index contributed by atoms with van der Waals surface area (Å²) >= 11 is 13.9. The molecule has 0 bridgehead atoms. The standard InChI is InChI=1S/C16H11Cl2IN2O3/c17-11-5-9(6-12(18)15(11)23)20-13-7-14(22)21(16(13)24)10-3-1-8(19)2-4-10/h1-6,13,20,23H,7H2. The van der Waals surface area contributed by atoms with Crippen LogP contribution in [0.4, 0.5) is 11.4 Å². The number of imide groups is 1. The van der Waals surface area contributed by atoms with Crippen molar-refractivity contribution in [2.75, 3.05) is 10.2 Å². The third kappa shape index (κ3) is 3.31. The zero-order chi connectivity index (χ0) is 17.4. The van der Waals surface area contributed by atoms with Gasteiger partial charge in [-0.2, -0.15) is 0 Å². The number of phenolic OH excluding ortho intramolecular Hbond substituents is 1. The van der Waals surface area contributed by atoms with Gasteiger partial charge in [0.25, 0.3) is 5.91 Å². The summed E-state index contributed by atoms with van der Waals surface area (Å²) in [5.41, 5.74) is 0.995. The zero-order valence-electron chi connectivity index (χ0n) is 12.1. The van der Waals surface area contributed by atoms with Crippen molar-refractivity contribution < 1.29 is 14.7 Å². The van der Waals surface area contributed by atoms with Crippen LogP contribution in [0.5, 0.6) is 5.75 Å². The van der Waals surface area contributed by atoms with E-state index in [1.165, 1.54) is 12.1 Å². The largest absolute Gasteiger partial charge is 0.505 e. The minimum atomic E-state index is -0.714. The number of hydrogen-bond donors (Lipinski definition) is 2. The second-order valence-electron chi connectivity index (χ2n) is 5.23. The van der Waals surface area contributed by atoms with Crippen LogP contribution in [0.2, 0.25) is 10.0 Å². The normalized spacial score (nSPS) is 17.5. The van der Waals surface area contributed by atoms with Crippen molar-refractivity contribution in [3.63, 3.8) is 0 Å². The first-order valence-corrected chi connectivity index (χ1v) is 8.77. The predicted molar refractivity (Wildman–Crippen MR) is 102 cm³/mol. The molecule has 24 heavy (non-hydrogen) atoms. The van der Waals surface area contributed by atoms with Gasteiger partial charge in [0.2, 0.25) is 5.91 Å². The average molecular weight is 477 g/mol. The van der Waals surface area contributed by atoms with Gasteiger partial charge in [-0.1, -0.05) is 23.2 Å². The summed E-state index contributed by atoms with van der Waals surface area (Å²) < 4.78 is 1.01. The van der Waals surface area contributed by atoms with Crippen LogP contribution in [0.3, 0.4) is 0 Å². The van der Waals surface area contributed by atoms with E-state index < -0.39 is 6.04 Å². The number of aromatic hydroxyl groups is 1. The summed E-state index contributed by atoms with van der Waals surface area (Å²) in [5.74, 6) is -0.852. The Balaban J connectivity index is 1.83. The minimum Gasteiger partial charge on any atom is -0.505 e. The van der Waals surface area contributed by atoms with Gasteiger partial charge >= 0.3 is 0 Å². The fourth-order valence-electron chi connectivity index (χ4n) is 2.46. The third-order valence-electron chi connectivity index (χ3n) is 3.59. The van der Waals surface area contributed by atoms with Crippen molar-refractivity contribution in [1.82, 2.24) is 0 Å². The zero-order valence-corrected chi connectivity index (χ0v) is 15.8. The average Bonchev–Trinajstić information content (AvgIpc) is 2.80. The Labute approximate surface area is 161 Å². The van der Waals surface area contributed by atoms with E-state index in [9.17, 15) is 14.7 Å². The summed E-state index contributed by atoms with van der Waals surface area (Å²) in [6.45, 7) is 0. The van der Waals surface area contributed by atoms with E-state index >= 15 is 0 Å². The molecule has 0 aliphatic carbocycles. The summed E-state index contributed by atoms with van der Waals surface area (Å²) in [5, 5.41) is 12.7. The number of amides is 2. The number of carbonyl (C=O) groups excluding carboxylic acids is 2. The monoisotopic (exact) mass is 476 g/mol. The smallest absolute Gasteiger partial charge is 0.256 e. The molecule has 1 unspecified atom stereocenters. The van der Waals surface area contributed by atoms with Crippen molar-refractivity contribution in [3.05, 3.63) is 50.0 Å². The van der Waals surface area contributed by atoms with Crippen molar-refractivity contribution in [2.24, 2.45) is 0 Å². The molecule has 1 heterocycles. The van der Waals surface area contributed by atoms with Gasteiger partial charge in [-0.3, -0.25) is 9.59 Å². The molecule has 1 saturated heterocycles. The van der Waals surface area contributed by atoms with Crippen molar-refractivity contribution in [3.8, 4) is 5.75 Å². The lowest BCUT2D eigenvalue weighted by atomic mass is 10.2. The lowest BCUT2D eigenvalue weighted by Gasteiger charge is -2.16. The summed E-state index contributed by atoms with van der Waals surface area (Å²) in [7, 11) is 0. The SMILES string of the molecule is O=C1CC(Nc2cc(Cl)c(O)c(Cl)c2)C(=O)N1c1ccc(I)cc1. The second-order valence-corrected chi connectivity index (χ2v) is 7.29. The molecule has 1 aliphatic heterocycles. The number of anilines is 2. The number of nitrogens with zero attached hydrogens (tertiary/aromatic N) is 1. The third-order valence-corrected chi connectivity index (χ3v) is 4.88. The maximum Gasteiger partial charge on any atom is 0.256 e. The maximum atomic E-state index is 12.6. The molecule has 3 rings (SSSR count). The molecule has 124 valence electrons. The summed E-state index contributed by atoms with van der Waals surface area (Å²) in [4.78, 5) is 26.0. The lowest BCUT2D eigenvalue weighted by Crippen LogP contribution is -2.34.